The summed E-state index contributed by atoms with van der Waals surface area (Å²) in [6.45, 7) is 8.22. The maximum absolute atomic E-state index is 12.1. The summed E-state index contributed by atoms with van der Waals surface area (Å²) in [5.74, 6) is -0.0144. The number of hydrogen-bond donors (Lipinski definition) is 3. The molecule has 1 aromatic heterocycles. The Balaban J connectivity index is 2.52. The average Bonchev–Trinajstić information content (AvgIpc) is 2.86. The van der Waals surface area contributed by atoms with E-state index < -0.39 is 15.4 Å². The number of nitrogens with one attached hydrogen (secondary N) is 2. The number of nitrogens with two attached hydrogens (primary N) is 1. The van der Waals surface area contributed by atoms with Gasteiger partial charge in [0.2, 0.25) is 15.9 Å². The van der Waals surface area contributed by atoms with E-state index in [1.165, 1.54) is 11.3 Å². The Hall–Kier alpha value is -0.960. The van der Waals surface area contributed by atoms with Crippen LogP contribution in [-0.2, 0) is 21.2 Å². The van der Waals surface area contributed by atoms with Crippen LogP contribution in [-0.4, -0.2) is 33.5 Å². The van der Waals surface area contributed by atoms with Gasteiger partial charge in [-0.2, -0.15) is 0 Å². The molecule has 1 heterocycles. The summed E-state index contributed by atoms with van der Waals surface area (Å²) in [6, 6.07) is 3.34. The molecule has 1 aromatic rings. The van der Waals surface area contributed by atoms with Gasteiger partial charge < -0.3 is 11.1 Å². The van der Waals surface area contributed by atoms with Crippen LogP contribution in [0.1, 0.15) is 39.0 Å². The highest BCUT2D eigenvalue weighted by Gasteiger charge is 2.21. The molecule has 6 nitrogen and oxygen atoms in total. The number of amides is 1. The van der Waals surface area contributed by atoms with Crippen molar-refractivity contribution in [3.8, 4) is 0 Å². The lowest BCUT2D eigenvalue weighted by Gasteiger charge is -2.17. The lowest BCUT2D eigenvalue weighted by atomic mass is 9.96. The van der Waals surface area contributed by atoms with Crippen molar-refractivity contribution in [1.29, 1.82) is 0 Å². The van der Waals surface area contributed by atoms with Crippen LogP contribution in [0.4, 0.5) is 0 Å². The third-order valence-corrected chi connectivity index (χ3v) is 6.23. The Morgan fingerprint density at radius 2 is 1.96 bits per heavy atom. The van der Waals surface area contributed by atoms with Gasteiger partial charge in [-0.1, -0.05) is 20.8 Å². The summed E-state index contributed by atoms with van der Waals surface area (Å²) in [6.07, 6.45) is 1.21. The maximum Gasteiger partial charge on any atom is 0.250 e. The molecule has 1 unspecified atom stereocenters. The van der Waals surface area contributed by atoms with E-state index in [2.05, 4.69) is 10.0 Å². The zero-order valence-corrected chi connectivity index (χ0v) is 15.8. The quantitative estimate of drug-likeness (QED) is 0.652. The summed E-state index contributed by atoms with van der Waals surface area (Å²) in [5, 5.41) is 2.85. The number of rotatable bonds is 8. The van der Waals surface area contributed by atoms with Gasteiger partial charge in [-0.3, -0.25) is 4.79 Å². The maximum atomic E-state index is 12.1. The molecule has 4 N–H and O–H groups in total. The number of hydrogen-bond acceptors (Lipinski definition) is 5. The Labute approximate surface area is 142 Å². The minimum Gasteiger partial charge on any atom is -0.355 e. The zero-order valence-electron chi connectivity index (χ0n) is 14.2. The van der Waals surface area contributed by atoms with Crippen molar-refractivity contribution in [3.63, 3.8) is 0 Å². The Morgan fingerprint density at radius 3 is 2.52 bits per heavy atom. The molecule has 0 bridgehead atoms. The van der Waals surface area contributed by atoms with Crippen molar-refractivity contribution in [2.24, 2.45) is 11.1 Å². The monoisotopic (exact) mass is 361 g/mol. The SMILES string of the molecule is CC(N)CCNS(=O)(=O)c1ccc(CCNC(=O)C(C)(C)C)s1. The van der Waals surface area contributed by atoms with Gasteiger partial charge in [-0.05, 0) is 31.9 Å². The van der Waals surface area contributed by atoms with Crippen LogP contribution in [0.5, 0.6) is 0 Å². The summed E-state index contributed by atoms with van der Waals surface area (Å²) < 4.78 is 27.1. The van der Waals surface area contributed by atoms with Gasteiger partial charge in [-0.25, -0.2) is 13.1 Å². The highest BCUT2D eigenvalue weighted by molar-refractivity contribution is 7.91. The van der Waals surface area contributed by atoms with E-state index in [0.29, 0.717) is 30.1 Å². The third kappa shape index (κ3) is 6.99. The predicted molar refractivity (Wildman–Crippen MR) is 93.9 cm³/mol. The van der Waals surface area contributed by atoms with Crippen LogP contribution >= 0.6 is 11.3 Å². The van der Waals surface area contributed by atoms with E-state index in [0.717, 1.165) is 4.88 Å². The normalized spacial score (nSPS) is 13.8. The van der Waals surface area contributed by atoms with E-state index >= 15 is 0 Å². The second kappa shape index (κ2) is 8.23. The molecule has 0 aliphatic rings. The lowest BCUT2D eigenvalue weighted by molar-refractivity contribution is -0.128. The van der Waals surface area contributed by atoms with Crippen LogP contribution in [0.25, 0.3) is 0 Å². The molecule has 1 atom stereocenters. The summed E-state index contributed by atoms with van der Waals surface area (Å²) in [5.41, 5.74) is 5.18. The molecule has 1 rings (SSSR count). The highest BCUT2D eigenvalue weighted by atomic mass is 32.2. The number of carbonyl (C=O) groups excluding carboxylic acids is 1. The van der Waals surface area contributed by atoms with Crippen LogP contribution in [0.3, 0.4) is 0 Å². The van der Waals surface area contributed by atoms with Crippen molar-refractivity contribution in [2.75, 3.05) is 13.1 Å². The van der Waals surface area contributed by atoms with E-state index in [1.54, 1.807) is 12.1 Å². The van der Waals surface area contributed by atoms with E-state index in [9.17, 15) is 13.2 Å². The molecule has 23 heavy (non-hydrogen) atoms. The van der Waals surface area contributed by atoms with E-state index in [-0.39, 0.29) is 11.9 Å². The first kappa shape index (κ1) is 20.1. The Morgan fingerprint density at radius 1 is 1.30 bits per heavy atom. The highest BCUT2D eigenvalue weighted by Crippen LogP contribution is 2.22. The fourth-order valence-electron chi connectivity index (χ4n) is 1.69. The number of sulfonamides is 1. The molecule has 0 aliphatic carbocycles. The molecule has 0 radical (unpaired) electrons. The van der Waals surface area contributed by atoms with Crippen molar-refractivity contribution < 1.29 is 13.2 Å². The third-order valence-electron chi connectivity index (χ3n) is 3.13. The Kier molecular flexibility index (Phi) is 7.19. The standard InChI is InChI=1S/C15H27N3O3S2/c1-11(16)7-10-18-23(20,21)13-6-5-12(22-13)8-9-17-14(19)15(2,3)4/h5-6,11,18H,7-10,16H2,1-4H3,(H,17,19). The average molecular weight is 362 g/mol. The molecule has 0 saturated carbocycles. The van der Waals surface area contributed by atoms with Crippen molar-refractivity contribution >= 4 is 27.3 Å². The molecule has 0 aromatic carbocycles. The van der Waals surface area contributed by atoms with Crippen molar-refractivity contribution in [3.05, 3.63) is 17.0 Å². The van der Waals surface area contributed by atoms with Gasteiger partial charge in [0.05, 0.1) is 0 Å². The van der Waals surface area contributed by atoms with Gasteiger partial charge in [0.25, 0.3) is 0 Å². The van der Waals surface area contributed by atoms with Crippen molar-refractivity contribution in [1.82, 2.24) is 10.0 Å². The van der Waals surface area contributed by atoms with Crippen LogP contribution in [0, 0.1) is 5.41 Å². The second-order valence-electron chi connectivity index (χ2n) is 6.64. The second-order valence-corrected chi connectivity index (χ2v) is 9.80. The minimum atomic E-state index is -3.47. The van der Waals surface area contributed by atoms with E-state index in [1.807, 2.05) is 27.7 Å². The van der Waals surface area contributed by atoms with Crippen LogP contribution < -0.4 is 15.8 Å². The molecule has 8 heteroatoms. The number of thiophene rings is 1. The first-order valence-electron chi connectivity index (χ1n) is 7.64. The van der Waals surface area contributed by atoms with Crippen molar-refractivity contribution in [2.45, 2.75) is 50.8 Å². The van der Waals surface area contributed by atoms with Crippen LogP contribution in [0.2, 0.25) is 0 Å². The zero-order chi connectivity index (χ0) is 17.7. The predicted octanol–water partition coefficient (Wildman–Crippen LogP) is 1.47. The first-order chi connectivity index (χ1) is 10.5. The molecule has 0 saturated heterocycles. The van der Waals surface area contributed by atoms with Gasteiger partial charge in [-0.15, -0.1) is 11.3 Å². The molecule has 132 valence electrons. The molecule has 0 spiro atoms. The van der Waals surface area contributed by atoms with Gasteiger partial charge in [0.15, 0.2) is 0 Å². The first-order valence-corrected chi connectivity index (χ1v) is 9.94. The number of carbonyl (C=O) groups is 1. The van der Waals surface area contributed by atoms with Crippen LogP contribution in [0.15, 0.2) is 16.3 Å². The van der Waals surface area contributed by atoms with E-state index in [4.69, 9.17) is 5.73 Å². The fraction of sp³-hybridized carbons (Fsp3) is 0.667. The smallest absolute Gasteiger partial charge is 0.250 e. The fourth-order valence-corrected chi connectivity index (χ4v) is 4.14. The molecular weight excluding hydrogens is 334 g/mol. The topological polar surface area (TPSA) is 101 Å². The summed E-state index contributed by atoms with van der Waals surface area (Å²) >= 11 is 1.22. The molecule has 0 fully saturated rings. The molecule has 1 amide bonds. The van der Waals surface area contributed by atoms with Gasteiger partial charge >= 0.3 is 0 Å². The largest absolute Gasteiger partial charge is 0.355 e. The molecular formula is C15H27N3O3S2. The van der Waals surface area contributed by atoms with Gasteiger partial charge in [0.1, 0.15) is 4.21 Å². The minimum absolute atomic E-state index is 0.0144. The lowest BCUT2D eigenvalue weighted by Crippen LogP contribution is -2.35. The summed E-state index contributed by atoms with van der Waals surface area (Å²) in [7, 11) is -3.47. The Bertz CT molecular complexity index is 616. The summed E-state index contributed by atoms with van der Waals surface area (Å²) in [4.78, 5) is 12.7. The van der Waals surface area contributed by atoms with Gasteiger partial charge in [0, 0.05) is 29.4 Å². The molecule has 0 aliphatic heterocycles.